The molecule has 2 aromatic carbocycles. The molecule has 0 aliphatic heterocycles. The highest BCUT2D eigenvalue weighted by Gasteiger charge is 2.25. The Morgan fingerprint density at radius 1 is 1.15 bits per heavy atom. The normalized spacial score (nSPS) is 13.0. The Bertz CT molecular complexity index is 979. The van der Waals surface area contributed by atoms with Gasteiger partial charge in [-0.1, -0.05) is 56.7 Å². The van der Waals surface area contributed by atoms with Crippen molar-refractivity contribution >= 4 is 16.9 Å². The van der Waals surface area contributed by atoms with Gasteiger partial charge in [0.05, 0.1) is 17.1 Å². The molecule has 142 valence electrons. The lowest BCUT2D eigenvalue weighted by molar-refractivity contribution is -0.129. The molecule has 1 N–H and O–H groups in total. The Kier molecular flexibility index (Phi) is 5.09. The Morgan fingerprint density at radius 2 is 1.85 bits per heavy atom. The third-order valence-corrected chi connectivity index (χ3v) is 4.93. The van der Waals surface area contributed by atoms with E-state index in [1.165, 1.54) is 16.7 Å². The molecular weight excluding hydrogens is 334 g/mol. The van der Waals surface area contributed by atoms with E-state index < -0.39 is 5.41 Å². The number of carbonyl (C=O) groups excluding carboxylic acids is 1. The van der Waals surface area contributed by atoms with Crippen LogP contribution in [0.3, 0.4) is 0 Å². The minimum absolute atomic E-state index is 0.0281. The molecule has 1 amide bonds. The Morgan fingerprint density at radius 3 is 2.56 bits per heavy atom. The highest BCUT2D eigenvalue weighted by molar-refractivity contribution is 5.82. The molecule has 27 heavy (non-hydrogen) atoms. The lowest BCUT2D eigenvalue weighted by Gasteiger charge is -2.22. The van der Waals surface area contributed by atoms with Crippen molar-refractivity contribution in [1.82, 2.24) is 14.9 Å². The standard InChI is InChI=1S/C23H29N3O/c1-15-11-12-16(2)18(13-15)14-26-20-10-8-7-9-19(20)25-21(26)17(3)24-22(27)23(4,5)6/h7-13,17H,14H2,1-6H3,(H,24,27)/t17-/m0/s1. The van der Waals surface area contributed by atoms with E-state index in [1.54, 1.807) is 0 Å². The second-order valence-electron chi connectivity index (χ2n) is 8.42. The van der Waals surface area contributed by atoms with Gasteiger partial charge in [-0.25, -0.2) is 4.98 Å². The van der Waals surface area contributed by atoms with Gasteiger partial charge < -0.3 is 9.88 Å². The molecule has 0 radical (unpaired) electrons. The van der Waals surface area contributed by atoms with Crippen LogP contribution < -0.4 is 5.32 Å². The third-order valence-electron chi connectivity index (χ3n) is 4.93. The highest BCUT2D eigenvalue weighted by Crippen LogP contribution is 2.25. The summed E-state index contributed by atoms with van der Waals surface area (Å²) in [6.45, 7) is 12.8. The molecule has 0 aliphatic carbocycles. The Labute approximate surface area is 161 Å². The number of imidazole rings is 1. The van der Waals surface area contributed by atoms with Gasteiger partial charge in [0.25, 0.3) is 0 Å². The fourth-order valence-corrected chi connectivity index (χ4v) is 3.21. The van der Waals surface area contributed by atoms with Crippen LogP contribution >= 0.6 is 0 Å². The predicted molar refractivity (Wildman–Crippen MR) is 111 cm³/mol. The van der Waals surface area contributed by atoms with Crippen molar-refractivity contribution in [3.05, 3.63) is 65.0 Å². The van der Waals surface area contributed by atoms with E-state index in [2.05, 4.69) is 48.0 Å². The van der Waals surface area contributed by atoms with E-state index in [0.29, 0.717) is 0 Å². The number of benzene rings is 2. The number of para-hydroxylation sites is 2. The van der Waals surface area contributed by atoms with Gasteiger partial charge in [0.1, 0.15) is 5.82 Å². The zero-order valence-corrected chi connectivity index (χ0v) is 17.1. The highest BCUT2D eigenvalue weighted by atomic mass is 16.2. The van der Waals surface area contributed by atoms with Crippen LogP contribution in [0.5, 0.6) is 0 Å². The van der Waals surface area contributed by atoms with Crippen molar-refractivity contribution in [2.24, 2.45) is 5.41 Å². The lowest BCUT2D eigenvalue weighted by Crippen LogP contribution is -2.37. The number of nitrogens with one attached hydrogen (secondary N) is 1. The summed E-state index contributed by atoms with van der Waals surface area (Å²) in [5, 5.41) is 3.13. The van der Waals surface area contributed by atoms with Crippen molar-refractivity contribution in [1.29, 1.82) is 0 Å². The molecule has 3 rings (SSSR count). The summed E-state index contributed by atoms with van der Waals surface area (Å²) >= 11 is 0. The minimum Gasteiger partial charge on any atom is -0.346 e. The molecule has 0 bridgehead atoms. The summed E-state index contributed by atoms with van der Waals surface area (Å²) in [7, 11) is 0. The average molecular weight is 364 g/mol. The van der Waals surface area contributed by atoms with Crippen LogP contribution in [0.15, 0.2) is 42.5 Å². The van der Waals surface area contributed by atoms with Crippen molar-refractivity contribution < 1.29 is 4.79 Å². The van der Waals surface area contributed by atoms with Crippen LogP contribution in [0.4, 0.5) is 0 Å². The quantitative estimate of drug-likeness (QED) is 0.715. The van der Waals surface area contributed by atoms with Crippen LogP contribution in [0.25, 0.3) is 11.0 Å². The summed E-state index contributed by atoms with van der Waals surface area (Å²) in [6.07, 6.45) is 0. The predicted octanol–water partition coefficient (Wildman–Crippen LogP) is 4.92. The van der Waals surface area contributed by atoms with Crippen LogP contribution in [-0.2, 0) is 11.3 Å². The maximum Gasteiger partial charge on any atom is 0.225 e. The minimum atomic E-state index is -0.432. The number of rotatable bonds is 4. The van der Waals surface area contributed by atoms with Crippen LogP contribution in [0.1, 0.15) is 56.3 Å². The van der Waals surface area contributed by atoms with Gasteiger partial charge >= 0.3 is 0 Å². The topological polar surface area (TPSA) is 46.9 Å². The van der Waals surface area contributed by atoms with Gasteiger partial charge in [-0.15, -0.1) is 0 Å². The van der Waals surface area contributed by atoms with E-state index >= 15 is 0 Å². The summed E-state index contributed by atoms with van der Waals surface area (Å²) < 4.78 is 2.23. The number of hydrogen-bond acceptors (Lipinski definition) is 2. The first-order chi connectivity index (χ1) is 12.7. The van der Waals surface area contributed by atoms with Crippen LogP contribution in [0.2, 0.25) is 0 Å². The fraction of sp³-hybridized carbons (Fsp3) is 0.391. The number of amides is 1. The zero-order valence-electron chi connectivity index (χ0n) is 17.1. The van der Waals surface area contributed by atoms with Crippen molar-refractivity contribution in [2.75, 3.05) is 0 Å². The monoisotopic (exact) mass is 363 g/mol. The van der Waals surface area contributed by atoms with E-state index in [9.17, 15) is 4.79 Å². The molecule has 0 saturated carbocycles. The van der Waals surface area contributed by atoms with Crippen LogP contribution in [0, 0.1) is 19.3 Å². The SMILES string of the molecule is Cc1ccc(C)c(Cn2c([C@H](C)NC(=O)C(C)(C)C)nc3ccccc32)c1. The largest absolute Gasteiger partial charge is 0.346 e. The smallest absolute Gasteiger partial charge is 0.225 e. The van der Waals surface area contributed by atoms with Crippen molar-refractivity contribution in [2.45, 2.75) is 54.1 Å². The molecule has 3 aromatic rings. The molecule has 4 heteroatoms. The van der Waals surface area contributed by atoms with Crippen LogP contribution in [-0.4, -0.2) is 15.5 Å². The van der Waals surface area contributed by atoms with Gasteiger partial charge in [-0.05, 0) is 44.0 Å². The first-order valence-corrected chi connectivity index (χ1v) is 9.49. The molecule has 0 aliphatic rings. The third kappa shape index (κ3) is 4.05. The van der Waals surface area contributed by atoms with E-state index in [4.69, 9.17) is 4.98 Å². The van der Waals surface area contributed by atoms with E-state index in [-0.39, 0.29) is 11.9 Å². The van der Waals surface area contributed by atoms with E-state index in [1.807, 2.05) is 45.9 Å². The maximum atomic E-state index is 12.5. The maximum absolute atomic E-state index is 12.5. The number of aryl methyl sites for hydroxylation is 2. The van der Waals surface area contributed by atoms with E-state index in [0.717, 1.165) is 23.4 Å². The number of carbonyl (C=O) groups is 1. The molecule has 0 unspecified atom stereocenters. The summed E-state index contributed by atoms with van der Waals surface area (Å²) in [5.74, 6) is 0.912. The first-order valence-electron chi connectivity index (χ1n) is 9.49. The Balaban J connectivity index is 2.04. The molecule has 1 heterocycles. The van der Waals surface area contributed by atoms with Gasteiger partial charge in [0.15, 0.2) is 0 Å². The first kappa shape index (κ1) is 19.2. The van der Waals surface area contributed by atoms with Crippen molar-refractivity contribution in [3.63, 3.8) is 0 Å². The van der Waals surface area contributed by atoms with Gasteiger partial charge in [-0.2, -0.15) is 0 Å². The molecule has 0 saturated heterocycles. The molecule has 1 aromatic heterocycles. The second-order valence-corrected chi connectivity index (χ2v) is 8.42. The molecule has 0 spiro atoms. The molecular formula is C23H29N3O. The summed E-state index contributed by atoms with van der Waals surface area (Å²) in [4.78, 5) is 17.3. The summed E-state index contributed by atoms with van der Waals surface area (Å²) in [5.41, 5.74) is 5.39. The fourth-order valence-electron chi connectivity index (χ4n) is 3.21. The number of nitrogens with zero attached hydrogens (tertiary/aromatic N) is 2. The van der Waals surface area contributed by atoms with Gasteiger partial charge in [0.2, 0.25) is 5.91 Å². The number of aromatic nitrogens is 2. The summed E-state index contributed by atoms with van der Waals surface area (Å²) in [6, 6.07) is 14.5. The molecule has 4 nitrogen and oxygen atoms in total. The van der Waals surface area contributed by atoms with Gasteiger partial charge in [-0.3, -0.25) is 4.79 Å². The van der Waals surface area contributed by atoms with Crippen molar-refractivity contribution in [3.8, 4) is 0 Å². The Hall–Kier alpha value is -2.62. The zero-order chi connectivity index (χ0) is 19.8. The second kappa shape index (κ2) is 7.18. The van der Waals surface area contributed by atoms with Gasteiger partial charge in [0, 0.05) is 12.0 Å². The molecule has 0 fully saturated rings. The molecule has 1 atom stereocenters. The average Bonchev–Trinajstić information content (AvgIpc) is 2.96. The number of fused-ring (bicyclic) bond motifs is 1. The lowest BCUT2D eigenvalue weighted by atomic mass is 9.95. The number of hydrogen-bond donors (Lipinski definition) is 1.